The highest BCUT2D eigenvalue weighted by molar-refractivity contribution is 7.71. The number of aromatic amines is 1. The van der Waals surface area contributed by atoms with Crippen LogP contribution in [0.15, 0.2) is 0 Å². The Hall–Kier alpha value is -1.10. The van der Waals surface area contributed by atoms with Gasteiger partial charge in [-0.25, -0.2) is 0 Å². The summed E-state index contributed by atoms with van der Waals surface area (Å²) < 4.78 is 5.24. The lowest BCUT2D eigenvalue weighted by atomic mass is 9.97. The fraction of sp³-hybridized carbons (Fsp3) is 0.750. The minimum absolute atomic E-state index is 0.513. The Labute approximate surface area is 131 Å². The Morgan fingerprint density at radius 1 is 1.29 bits per heavy atom. The first-order valence-electron chi connectivity index (χ1n) is 8.29. The molecule has 5 heteroatoms. The van der Waals surface area contributed by atoms with Gasteiger partial charge in [0.1, 0.15) is 5.52 Å². The van der Waals surface area contributed by atoms with Crippen LogP contribution in [-0.2, 0) is 13.5 Å². The lowest BCUT2D eigenvalue weighted by Crippen LogP contribution is -2.17. The van der Waals surface area contributed by atoms with E-state index in [0.717, 1.165) is 28.8 Å². The third-order valence-electron chi connectivity index (χ3n) is 4.90. The van der Waals surface area contributed by atoms with E-state index in [9.17, 15) is 0 Å². The van der Waals surface area contributed by atoms with Crippen LogP contribution in [0.5, 0.6) is 0 Å². The molecular weight excluding hydrogens is 280 g/mol. The van der Waals surface area contributed by atoms with Crippen molar-refractivity contribution in [2.75, 3.05) is 0 Å². The number of rotatable bonds is 3. The molecule has 1 saturated carbocycles. The van der Waals surface area contributed by atoms with Gasteiger partial charge in [-0.15, -0.1) is 0 Å². The molecular formula is C16H26N4S. The van der Waals surface area contributed by atoms with Crippen LogP contribution in [0, 0.1) is 10.7 Å². The van der Waals surface area contributed by atoms with Crippen LogP contribution < -0.4 is 0 Å². The predicted molar refractivity (Wildman–Crippen MR) is 89.2 cm³/mol. The van der Waals surface area contributed by atoms with E-state index >= 15 is 0 Å². The first-order valence-corrected chi connectivity index (χ1v) is 8.70. The van der Waals surface area contributed by atoms with Crippen LogP contribution in [0.4, 0.5) is 0 Å². The molecule has 4 nitrogen and oxygen atoms in total. The van der Waals surface area contributed by atoms with Crippen molar-refractivity contribution in [2.24, 2.45) is 13.0 Å². The standard InChI is InChI=1S/C16H26N4S/c1-4-8-12-14-15(19(3)18-12)20(16(21)17-14)13-10-7-5-6-9-11(13)2/h11,13H,4-10H2,1-3H3,(H,17,21). The Morgan fingerprint density at radius 2 is 2.05 bits per heavy atom. The molecule has 3 rings (SSSR count). The van der Waals surface area contributed by atoms with Gasteiger partial charge in [0.15, 0.2) is 10.4 Å². The Balaban J connectivity index is 2.13. The van der Waals surface area contributed by atoms with E-state index in [1.165, 1.54) is 37.8 Å². The van der Waals surface area contributed by atoms with Crippen molar-refractivity contribution in [3.05, 3.63) is 10.5 Å². The number of imidazole rings is 1. The van der Waals surface area contributed by atoms with Crippen molar-refractivity contribution in [1.82, 2.24) is 19.3 Å². The molecule has 21 heavy (non-hydrogen) atoms. The molecule has 2 heterocycles. The summed E-state index contributed by atoms with van der Waals surface area (Å²) in [6.07, 6.45) is 8.67. The summed E-state index contributed by atoms with van der Waals surface area (Å²) >= 11 is 5.65. The van der Waals surface area contributed by atoms with Crippen LogP contribution in [0.3, 0.4) is 0 Å². The van der Waals surface area contributed by atoms with Gasteiger partial charge in [0.05, 0.1) is 5.69 Å². The number of H-pyrrole nitrogens is 1. The molecule has 116 valence electrons. The predicted octanol–water partition coefficient (Wildman–Crippen LogP) is 4.53. The fourth-order valence-electron chi connectivity index (χ4n) is 3.81. The normalized spacial score (nSPS) is 23.6. The van der Waals surface area contributed by atoms with Gasteiger partial charge < -0.3 is 4.98 Å². The molecule has 0 bridgehead atoms. The van der Waals surface area contributed by atoms with E-state index in [-0.39, 0.29) is 0 Å². The first-order chi connectivity index (χ1) is 10.1. The molecule has 1 N–H and O–H groups in total. The van der Waals surface area contributed by atoms with E-state index in [2.05, 4.69) is 23.4 Å². The molecule has 0 aliphatic heterocycles. The summed E-state index contributed by atoms with van der Waals surface area (Å²) in [5.41, 5.74) is 3.49. The molecule has 1 aliphatic rings. The molecule has 2 atom stereocenters. The summed E-state index contributed by atoms with van der Waals surface area (Å²) in [6, 6.07) is 0.513. The number of hydrogen-bond acceptors (Lipinski definition) is 2. The van der Waals surface area contributed by atoms with Gasteiger partial charge in [0.2, 0.25) is 0 Å². The van der Waals surface area contributed by atoms with Gasteiger partial charge >= 0.3 is 0 Å². The molecule has 2 aromatic rings. The maximum atomic E-state index is 5.65. The van der Waals surface area contributed by atoms with Crippen LogP contribution in [-0.4, -0.2) is 19.3 Å². The van der Waals surface area contributed by atoms with Crippen LogP contribution in [0.25, 0.3) is 11.2 Å². The molecule has 0 amide bonds. The number of nitrogens with one attached hydrogen (secondary N) is 1. The Bertz CT molecular complexity index is 678. The molecule has 2 aromatic heterocycles. The monoisotopic (exact) mass is 306 g/mol. The van der Waals surface area contributed by atoms with Crippen LogP contribution in [0.2, 0.25) is 0 Å². The van der Waals surface area contributed by atoms with Crippen molar-refractivity contribution >= 4 is 23.4 Å². The second kappa shape index (κ2) is 5.95. The zero-order chi connectivity index (χ0) is 15.0. The van der Waals surface area contributed by atoms with E-state index in [1.54, 1.807) is 0 Å². The summed E-state index contributed by atoms with van der Waals surface area (Å²) in [7, 11) is 2.04. The summed E-state index contributed by atoms with van der Waals surface area (Å²) in [5.74, 6) is 0.683. The molecule has 0 saturated heterocycles. The van der Waals surface area contributed by atoms with Gasteiger partial charge in [0.25, 0.3) is 0 Å². The van der Waals surface area contributed by atoms with Crippen molar-refractivity contribution in [3.63, 3.8) is 0 Å². The second-order valence-corrected chi connectivity index (χ2v) is 6.89. The van der Waals surface area contributed by atoms with E-state index in [4.69, 9.17) is 17.3 Å². The fourth-order valence-corrected chi connectivity index (χ4v) is 4.14. The highest BCUT2D eigenvalue weighted by Crippen LogP contribution is 2.35. The van der Waals surface area contributed by atoms with Gasteiger partial charge in [-0.1, -0.05) is 39.5 Å². The average molecular weight is 306 g/mol. The molecule has 0 radical (unpaired) electrons. The smallest absolute Gasteiger partial charge is 0.179 e. The SMILES string of the molecule is CCCc1nn(C)c2c1[nH]c(=S)n2C1CCCCCC1C. The number of nitrogens with zero attached hydrogens (tertiary/aromatic N) is 3. The van der Waals surface area contributed by atoms with Crippen molar-refractivity contribution in [3.8, 4) is 0 Å². The average Bonchev–Trinajstić information content (AvgIpc) is 2.83. The third kappa shape index (κ3) is 2.56. The summed E-state index contributed by atoms with van der Waals surface area (Å²) in [4.78, 5) is 3.43. The molecule has 0 spiro atoms. The van der Waals surface area contributed by atoms with Gasteiger partial charge in [-0.3, -0.25) is 9.25 Å². The molecule has 1 fully saturated rings. The highest BCUT2D eigenvalue weighted by Gasteiger charge is 2.26. The largest absolute Gasteiger partial charge is 0.328 e. The number of fused-ring (bicyclic) bond motifs is 1. The van der Waals surface area contributed by atoms with E-state index in [0.29, 0.717) is 12.0 Å². The zero-order valence-electron chi connectivity index (χ0n) is 13.4. The minimum Gasteiger partial charge on any atom is -0.328 e. The second-order valence-electron chi connectivity index (χ2n) is 6.50. The molecule has 0 aromatic carbocycles. The van der Waals surface area contributed by atoms with Gasteiger partial charge in [0, 0.05) is 13.1 Å². The lowest BCUT2D eigenvalue weighted by Gasteiger charge is -2.23. The number of aromatic nitrogens is 4. The maximum absolute atomic E-state index is 5.65. The quantitative estimate of drug-likeness (QED) is 0.668. The van der Waals surface area contributed by atoms with Crippen LogP contribution in [0.1, 0.15) is 64.1 Å². The van der Waals surface area contributed by atoms with Crippen molar-refractivity contribution in [1.29, 1.82) is 0 Å². The van der Waals surface area contributed by atoms with E-state index in [1.807, 2.05) is 11.7 Å². The third-order valence-corrected chi connectivity index (χ3v) is 5.20. The van der Waals surface area contributed by atoms with Crippen LogP contribution >= 0.6 is 12.2 Å². The lowest BCUT2D eigenvalue weighted by molar-refractivity contribution is 0.334. The maximum Gasteiger partial charge on any atom is 0.179 e. The summed E-state index contributed by atoms with van der Waals surface area (Å²) in [5, 5.41) is 4.70. The minimum atomic E-state index is 0.513. The van der Waals surface area contributed by atoms with Gasteiger partial charge in [-0.2, -0.15) is 5.10 Å². The summed E-state index contributed by atoms with van der Waals surface area (Å²) in [6.45, 7) is 4.57. The zero-order valence-corrected chi connectivity index (χ0v) is 14.2. The van der Waals surface area contributed by atoms with E-state index < -0.39 is 0 Å². The highest BCUT2D eigenvalue weighted by atomic mass is 32.1. The topological polar surface area (TPSA) is 38.5 Å². The Kier molecular flexibility index (Phi) is 4.20. The van der Waals surface area contributed by atoms with Crippen molar-refractivity contribution in [2.45, 2.75) is 64.8 Å². The first kappa shape index (κ1) is 14.8. The Morgan fingerprint density at radius 3 is 2.81 bits per heavy atom. The molecule has 2 unspecified atom stereocenters. The number of aryl methyl sites for hydroxylation is 2. The number of hydrogen-bond donors (Lipinski definition) is 1. The molecule has 1 aliphatic carbocycles. The van der Waals surface area contributed by atoms with Crippen molar-refractivity contribution < 1.29 is 0 Å². The van der Waals surface area contributed by atoms with Gasteiger partial charge in [-0.05, 0) is 37.4 Å².